The van der Waals surface area contributed by atoms with Crippen LogP contribution in [0.5, 0.6) is 0 Å². The lowest BCUT2D eigenvalue weighted by Gasteiger charge is -2.28. The van der Waals surface area contributed by atoms with Crippen molar-refractivity contribution < 1.29 is 9.53 Å². The highest BCUT2D eigenvalue weighted by atomic mass is 16.6. The molecule has 0 bridgehead atoms. The van der Waals surface area contributed by atoms with Gasteiger partial charge in [0.2, 0.25) is 0 Å². The van der Waals surface area contributed by atoms with E-state index in [1.54, 1.807) is 0 Å². The minimum Gasteiger partial charge on any atom is -0.449 e. The Kier molecular flexibility index (Phi) is 2.82. The van der Waals surface area contributed by atoms with Crippen LogP contribution >= 0.6 is 0 Å². The number of amides is 1. The third-order valence-electron chi connectivity index (χ3n) is 3.79. The van der Waals surface area contributed by atoms with Crippen LogP contribution in [0, 0.1) is 0 Å². The highest BCUT2D eigenvalue weighted by molar-refractivity contribution is 5.92. The topological polar surface area (TPSA) is 29.5 Å². The average Bonchev–Trinajstić information content (AvgIpc) is 2.73. The van der Waals surface area contributed by atoms with Crippen LogP contribution in [0.25, 0.3) is 0 Å². The molecule has 0 spiro atoms. The summed E-state index contributed by atoms with van der Waals surface area (Å²) in [6, 6.07) is 8.40. The van der Waals surface area contributed by atoms with Gasteiger partial charge in [0, 0.05) is 5.92 Å². The molecule has 0 radical (unpaired) electrons. The largest absolute Gasteiger partial charge is 0.449 e. The van der Waals surface area contributed by atoms with Crippen LogP contribution in [0.1, 0.15) is 31.2 Å². The van der Waals surface area contributed by atoms with Crippen LogP contribution in [0.4, 0.5) is 10.5 Å². The van der Waals surface area contributed by atoms with E-state index in [9.17, 15) is 4.79 Å². The summed E-state index contributed by atoms with van der Waals surface area (Å²) in [5, 5.41) is 0. The normalized spacial score (nSPS) is 24.6. The number of anilines is 1. The first-order valence-corrected chi connectivity index (χ1v) is 6.53. The summed E-state index contributed by atoms with van der Waals surface area (Å²) in [7, 11) is 0. The van der Waals surface area contributed by atoms with Crippen molar-refractivity contribution in [3.05, 3.63) is 42.0 Å². The van der Waals surface area contributed by atoms with E-state index in [-0.39, 0.29) is 12.1 Å². The van der Waals surface area contributed by atoms with Crippen molar-refractivity contribution in [2.24, 2.45) is 0 Å². The lowest BCUT2D eigenvalue weighted by Crippen LogP contribution is -2.40. The summed E-state index contributed by atoms with van der Waals surface area (Å²) in [5.41, 5.74) is 2.30. The standard InChI is InChI=1S/C15H17NO2/c1-2-18-15(17)16-13-9-5-3-7-11(13)12-8-4-6-10-14(12)16/h3-7,9,12,14H,2,8,10H2,1H3. The Morgan fingerprint density at radius 3 is 2.94 bits per heavy atom. The quantitative estimate of drug-likeness (QED) is 0.707. The molecule has 0 aromatic heterocycles. The van der Waals surface area contributed by atoms with Gasteiger partial charge >= 0.3 is 6.09 Å². The molecule has 2 atom stereocenters. The molecule has 0 N–H and O–H groups in total. The molecular weight excluding hydrogens is 226 g/mol. The molecule has 1 heterocycles. The Bertz CT molecular complexity index is 495. The minimum absolute atomic E-state index is 0.215. The molecular formula is C15H17NO2. The second kappa shape index (κ2) is 4.48. The number of para-hydroxylation sites is 1. The van der Waals surface area contributed by atoms with Gasteiger partial charge < -0.3 is 4.74 Å². The Labute approximate surface area is 107 Å². The van der Waals surface area contributed by atoms with Gasteiger partial charge in [0.1, 0.15) is 0 Å². The Morgan fingerprint density at radius 1 is 1.33 bits per heavy atom. The van der Waals surface area contributed by atoms with Gasteiger partial charge in [-0.2, -0.15) is 0 Å². The molecule has 3 heteroatoms. The Balaban J connectivity index is 2.02. The van der Waals surface area contributed by atoms with E-state index < -0.39 is 0 Å². The fraction of sp³-hybridized carbons (Fsp3) is 0.400. The molecule has 18 heavy (non-hydrogen) atoms. The molecule has 3 rings (SSSR count). The zero-order valence-electron chi connectivity index (χ0n) is 10.5. The Hall–Kier alpha value is -1.77. The van der Waals surface area contributed by atoms with Gasteiger partial charge in [-0.05, 0) is 31.4 Å². The van der Waals surface area contributed by atoms with Gasteiger partial charge in [-0.25, -0.2) is 4.79 Å². The van der Waals surface area contributed by atoms with E-state index >= 15 is 0 Å². The molecule has 2 unspecified atom stereocenters. The number of benzene rings is 1. The molecule has 1 aliphatic carbocycles. The number of fused-ring (bicyclic) bond motifs is 3. The zero-order valence-corrected chi connectivity index (χ0v) is 10.5. The maximum atomic E-state index is 12.1. The molecule has 0 saturated carbocycles. The van der Waals surface area contributed by atoms with Crippen molar-refractivity contribution in [3.8, 4) is 0 Å². The molecule has 3 nitrogen and oxygen atoms in total. The lowest BCUT2D eigenvalue weighted by molar-refractivity contribution is 0.157. The van der Waals surface area contributed by atoms with Crippen molar-refractivity contribution in [3.63, 3.8) is 0 Å². The van der Waals surface area contributed by atoms with Crippen molar-refractivity contribution in [2.45, 2.75) is 31.7 Å². The van der Waals surface area contributed by atoms with Gasteiger partial charge in [0.25, 0.3) is 0 Å². The number of carbonyl (C=O) groups is 1. The number of rotatable bonds is 1. The first-order chi connectivity index (χ1) is 8.83. The van der Waals surface area contributed by atoms with Crippen molar-refractivity contribution >= 4 is 11.8 Å². The fourth-order valence-corrected chi connectivity index (χ4v) is 3.05. The number of hydrogen-bond donors (Lipinski definition) is 0. The van der Waals surface area contributed by atoms with Crippen molar-refractivity contribution in [2.75, 3.05) is 11.5 Å². The molecule has 1 aromatic carbocycles. The summed E-state index contributed by atoms with van der Waals surface area (Å²) in [6.07, 6.45) is 6.09. The highest BCUT2D eigenvalue weighted by Gasteiger charge is 2.41. The first kappa shape index (κ1) is 11.3. The van der Waals surface area contributed by atoms with E-state index in [1.807, 2.05) is 30.0 Å². The van der Waals surface area contributed by atoms with E-state index in [4.69, 9.17) is 4.74 Å². The maximum Gasteiger partial charge on any atom is 0.414 e. The number of allylic oxidation sites excluding steroid dienone is 1. The molecule has 0 saturated heterocycles. The SMILES string of the molecule is CCOC(=O)N1c2ccccc2C2CC=CCC21. The Morgan fingerprint density at radius 2 is 2.11 bits per heavy atom. The van der Waals surface area contributed by atoms with Gasteiger partial charge in [-0.3, -0.25) is 4.90 Å². The van der Waals surface area contributed by atoms with E-state index in [0.717, 1.165) is 18.5 Å². The van der Waals surface area contributed by atoms with Crippen LogP contribution in [0.15, 0.2) is 36.4 Å². The number of ether oxygens (including phenoxy) is 1. The summed E-state index contributed by atoms with van der Waals surface area (Å²) < 4.78 is 5.19. The summed E-state index contributed by atoms with van der Waals surface area (Å²) in [5.74, 6) is 0.426. The van der Waals surface area contributed by atoms with Gasteiger partial charge in [-0.15, -0.1) is 0 Å². The van der Waals surface area contributed by atoms with Crippen LogP contribution in [-0.4, -0.2) is 18.7 Å². The second-order valence-electron chi connectivity index (χ2n) is 4.74. The third-order valence-corrected chi connectivity index (χ3v) is 3.79. The molecule has 94 valence electrons. The smallest absolute Gasteiger partial charge is 0.414 e. The van der Waals surface area contributed by atoms with Gasteiger partial charge in [0.05, 0.1) is 18.3 Å². The monoisotopic (exact) mass is 243 g/mol. The summed E-state index contributed by atoms with van der Waals surface area (Å²) >= 11 is 0. The van der Waals surface area contributed by atoms with Crippen LogP contribution in [0.2, 0.25) is 0 Å². The van der Waals surface area contributed by atoms with Crippen LogP contribution in [-0.2, 0) is 4.74 Å². The summed E-state index contributed by atoms with van der Waals surface area (Å²) in [6.45, 7) is 2.27. The third kappa shape index (κ3) is 1.62. The molecule has 1 amide bonds. The molecule has 2 aliphatic rings. The van der Waals surface area contributed by atoms with E-state index in [2.05, 4.69) is 18.2 Å². The van der Waals surface area contributed by atoms with Gasteiger partial charge in [-0.1, -0.05) is 30.4 Å². The predicted molar refractivity (Wildman–Crippen MR) is 70.8 cm³/mol. The van der Waals surface area contributed by atoms with Crippen LogP contribution < -0.4 is 4.90 Å². The predicted octanol–water partition coefficient (Wildman–Crippen LogP) is 3.47. The van der Waals surface area contributed by atoms with E-state index in [1.165, 1.54) is 5.56 Å². The minimum atomic E-state index is -0.215. The molecule has 0 fully saturated rings. The fourth-order valence-electron chi connectivity index (χ4n) is 3.05. The zero-order chi connectivity index (χ0) is 12.5. The first-order valence-electron chi connectivity index (χ1n) is 6.53. The van der Waals surface area contributed by atoms with Crippen LogP contribution in [0.3, 0.4) is 0 Å². The number of nitrogens with zero attached hydrogens (tertiary/aromatic N) is 1. The van der Waals surface area contributed by atoms with Crippen molar-refractivity contribution in [1.29, 1.82) is 0 Å². The number of carbonyl (C=O) groups excluding carboxylic acids is 1. The average molecular weight is 243 g/mol. The van der Waals surface area contributed by atoms with Crippen molar-refractivity contribution in [1.82, 2.24) is 0 Å². The molecule has 1 aliphatic heterocycles. The highest BCUT2D eigenvalue weighted by Crippen LogP contribution is 2.46. The number of hydrogen-bond acceptors (Lipinski definition) is 2. The van der Waals surface area contributed by atoms with Gasteiger partial charge in [0.15, 0.2) is 0 Å². The van der Waals surface area contributed by atoms with E-state index in [0.29, 0.717) is 12.5 Å². The summed E-state index contributed by atoms with van der Waals surface area (Å²) in [4.78, 5) is 14.0. The second-order valence-corrected chi connectivity index (χ2v) is 4.74. The maximum absolute atomic E-state index is 12.1. The lowest BCUT2D eigenvalue weighted by atomic mass is 9.86. The molecule has 1 aromatic rings.